The summed E-state index contributed by atoms with van der Waals surface area (Å²) in [7, 11) is 1.79. The molecular weight excluding hydrogens is 509 g/mol. The van der Waals surface area contributed by atoms with E-state index in [2.05, 4.69) is 10.1 Å². The lowest BCUT2D eigenvalue weighted by Gasteiger charge is -2.13. The van der Waals surface area contributed by atoms with Crippen molar-refractivity contribution in [2.45, 2.75) is 6.18 Å². The van der Waals surface area contributed by atoms with Gasteiger partial charge in [0, 0.05) is 29.8 Å². The Kier molecular flexibility index (Phi) is 5.83. The zero-order valence-electron chi connectivity index (χ0n) is 19.0. The van der Waals surface area contributed by atoms with E-state index < -0.39 is 29.2 Å². The second-order valence-electron chi connectivity index (χ2n) is 8.26. The molecule has 0 fully saturated rings. The number of hydrogen-bond acceptors (Lipinski definition) is 4. The summed E-state index contributed by atoms with van der Waals surface area (Å²) in [6.07, 6.45) is -1.48. The number of alkyl halides is 3. The van der Waals surface area contributed by atoms with Gasteiger partial charge >= 0.3 is 12.1 Å². The summed E-state index contributed by atoms with van der Waals surface area (Å²) >= 11 is 6.10. The summed E-state index contributed by atoms with van der Waals surface area (Å²) in [5.74, 6) is -2.18. The van der Waals surface area contributed by atoms with Gasteiger partial charge in [0.15, 0.2) is 0 Å². The first-order chi connectivity index (χ1) is 17.5. The van der Waals surface area contributed by atoms with Crippen molar-refractivity contribution in [3.05, 3.63) is 94.9 Å². The van der Waals surface area contributed by atoms with Gasteiger partial charge < -0.3 is 9.67 Å². The largest absolute Gasteiger partial charge is 0.478 e. The Labute approximate surface area is 212 Å². The number of imidazole rings is 1. The normalized spacial score (nSPS) is 11.7. The number of aromatic nitrogens is 4. The van der Waals surface area contributed by atoms with Crippen LogP contribution < -0.4 is 0 Å². The molecule has 5 rings (SSSR count). The molecule has 2 heterocycles. The molecule has 1 N–H and O–H groups in total. The van der Waals surface area contributed by atoms with E-state index in [0.29, 0.717) is 22.2 Å². The minimum Gasteiger partial charge on any atom is -0.478 e. The van der Waals surface area contributed by atoms with Crippen LogP contribution in [0, 0.1) is 0 Å². The number of carboxylic acid groups (broad SMARTS) is 1. The highest BCUT2D eigenvalue weighted by atomic mass is 35.5. The second kappa shape index (κ2) is 8.90. The number of fused-ring (bicyclic) bond motifs is 1. The number of nitrogens with zero attached hydrogens (tertiary/aromatic N) is 4. The first kappa shape index (κ1) is 24.3. The molecule has 7 nitrogen and oxygen atoms in total. The zero-order chi connectivity index (χ0) is 26.5. The average Bonchev–Trinajstić information content (AvgIpc) is 3.46. The molecular formula is C26H16ClF3N4O3. The Hall–Kier alpha value is -4.44. The third kappa shape index (κ3) is 4.36. The molecule has 11 heteroatoms. The average molecular weight is 525 g/mol. The number of carbonyl (C=O) groups excluding carboxylic acids is 1. The molecule has 0 spiro atoms. The van der Waals surface area contributed by atoms with Gasteiger partial charge in [-0.05, 0) is 36.4 Å². The van der Waals surface area contributed by atoms with Crippen molar-refractivity contribution in [2.24, 2.45) is 7.05 Å². The fourth-order valence-electron chi connectivity index (χ4n) is 4.06. The van der Waals surface area contributed by atoms with Crippen LogP contribution in [-0.4, -0.2) is 36.3 Å². The summed E-state index contributed by atoms with van der Waals surface area (Å²) in [5, 5.41) is 13.7. The first-order valence-electron chi connectivity index (χ1n) is 10.8. The lowest BCUT2D eigenvalue weighted by atomic mass is 10.0. The highest BCUT2D eigenvalue weighted by Gasteiger charge is 2.37. The van der Waals surface area contributed by atoms with Crippen LogP contribution in [0.4, 0.5) is 13.2 Å². The molecule has 186 valence electrons. The van der Waals surface area contributed by atoms with Gasteiger partial charge in [0.25, 0.3) is 5.91 Å². The molecule has 0 unspecified atom stereocenters. The maximum absolute atomic E-state index is 13.8. The van der Waals surface area contributed by atoms with Crippen molar-refractivity contribution < 1.29 is 27.9 Å². The van der Waals surface area contributed by atoms with E-state index in [4.69, 9.17) is 11.6 Å². The predicted octanol–water partition coefficient (Wildman–Crippen LogP) is 6.16. The Morgan fingerprint density at radius 1 is 1.00 bits per heavy atom. The Balaban J connectivity index is 1.75. The van der Waals surface area contributed by atoms with Crippen molar-refractivity contribution in [2.75, 3.05) is 0 Å². The van der Waals surface area contributed by atoms with Gasteiger partial charge in [0.05, 0.1) is 39.3 Å². The molecule has 3 aromatic carbocycles. The Bertz CT molecular complexity index is 1690. The lowest BCUT2D eigenvalue weighted by Crippen LogP contribution is -2.20. The van der Waals surface area contributed by atoms with Gasteiger partial charge in [-0.25, -0.2) is 9.78 Å². The van der Waals surface area contributed by atoms with Crippen molar-refractivity contribution >= 4 is 34.4 Å². The van der Waals surface area contributed by atoms with E-state index in [1.807, 2.05) is 0 Å². The molecule has 0 saturated heterocycles. The molecule has 0 radical (unpaired) electrons. The topological polar surface area (TPSA) is 90.0 Å². The summed E-state index contributed by atoms with van der Waals surface area (Å²) in [5.41, 5.74) is 0.343. The van der Waals surface area contributed by atoms with Crippen LogP contribution in [0.15, 0.2) is 73.2 Å². The van der Waals surface area contributed by atoms with Crippen LogP contribution in [0.2, 0.25) is 5.02 Å². The minimum absolute atomic E-state index is 0.0480. The number of aryl methyl sites for hydroxylation is 1. The molecule has 37 heavy (non-hydrogen) atoms. The molecule has 0 atom stereocenters. The fraction of sp³-hybridized carbons (Fsp3) is 0.0769. The fourth-order valence-corrected chi connectivity index (χ4v) is 4.31. The number of halogens is 4. The number of rotatable bonds is 4. The first-order valence-corrected chi connectivity index (χ1v) is 11.2. The molecule has 0 bridgehead atoms. The maximum atomic E-state index is 13.8. The van der Waals surface area contributed by atoms with Gasteiger partial charge in [-0.1, -0.05) is 35.9 Å². The Morgan fingerprint density at radius 3 is 2.32 bits per heavy atom. The highest BCUT2D eigenvalue weighted by molar-refractivity contribution is 6.34. The van der Waals surface area contributed by atoms with Crippen LogP contribution in [0.1, 0.15) is 26.3 Å². The second-order valence-corrected chi connectivity index (χ2v) is 8.67. The van der Waals surface area contributed by atoms with Crippen LogP contribution in [-0.2, 0) is 13.2 Å². The van der Waals surface area contributed by atoms with Crippen molar-refractivity contribution in [1.29, 1.82) is 0 Å². The van der Waals surface area contributed by atoms with Gasteiger partial charge in [-0.3, -0.25) is 4.79 Å². The smallest absolute Gasteiger partial charge is 0.417 e. The molecule has 2 aromatic heterocycles. The van der Waals surface area contributed by atoms with E-state index in [-0.39, 0.29) is 21.8 Å². The summed E-state index contributed by atoms with van der Waals surface area (Å²) in [6, 6.07) is 14.0. The molecule has 0 aliphatic heterocycles. The van der Waals surface area contributed by atoms with E-state index >= 15 is 0 Å². The van der Waals surface area contributed by atoms with Gasteiger partial charge in [-0.2, -0.15) is 23.0 Å². The van der Waals surface area contributed by atoms with Crippen molar-refractivity contribution in [3.8, 4) is 22.5 Å². The lowest BCUT2D eigenvalue weighted by molar-refractivity contribution is -0.137. The highest BCUT2D eigenvalue weighted by Crippen LogP contribution is 2.37. The van der Waals surface area contributed by atoms with Crippen LogP contribution in [0.25, 0.3) is 33.4 Å². The number of carbonyl (C=O) groups is 2. The minimum atomic E-state index is -4.83. The van der Waals surface area contributed by atoms with Crippen LogP contribution in [0.5, 0.6) is 0 Å². The maximum Gasteiger partial charge on any atom is 0.417 e. The number of benzene rings is 3. The molecule has 0 amide bonds. The summed E-state index contributed by atoms with van der Waals surface area (Å²) in [4.78, 5) is 29.2. The molecule has 0 aliphatic carbocycles. The van der Waals surface area contributed by atoms with Gasteiger partial charge in [-0.15, -0.1) is 0 Å². The van der Waals surface area contributed by atoms with Crippen molar-refractivity contribution in [1.82, 2.24) is 19.3 Å². The van der Waals surface area contributed by atoms with Crippen LogP contribution in [0.3, 0.4) is 0 Å². The Morgan fingerprint density at radius 2 is 1.70 bits per heavy atom. The van der Waals surface area contributed by atoms with E-state index in [0.717, 1.165) is 16.8 Å². The monoisotopic (exact) mass is 524 g/mol. The third-order valence-corrected chi connectivity index (χ3v) is 6.13. The number of carboxylic acids is 1. The molecule has 5 aromatic rings. The molecule has 0 aliphatic rings. The van der Waals surface area contributed by atoms with E-state index in [9.17, 15) is 27.9 Å². The van der Waals surface area contributed by atoms with Gasteiger partial charge in [0.1, 0.15) is 5.69 Å². The predicted molar refractivity (Wildman–Crippen MR) is 131 cm³/mol. The standard InChI is InChI=1S/C26H16ClF3N4O3/c1-33-12-20(31-13-33)16-9-10-17-21(11-16)34(32-23(17)14-5-7-15(8-6-14)25(36)37)24(35)22-18(26(28,29)30)3-2-4-19(22)27/h2-13H,1H3,(H,36,37). The number of aromatic carboxylic acids is 1. The summed E-state index contributed by atoms with van der Waals surface area (Å²) in [6.45, 7) is 0. The van der Waals surface area contributed by atoms with Crippen LogP contribution >= 0.6 is 11.6 Å². The van der Waals surface area contributed by atoms with E-state index in [1.165, 1.54) is 30.3 Å². The van der Waals surface area contributed by atoms with Gasteiger partial charge in [0.2, 0.25) is 0 Å². The number of hydrogen-bond donors (Lipinski definition) is 1. The quantitative estimate of drug-likeness (QED) is 0.304. The SMILES string of the molecule is Cn1cnc(-c2ccc3c(-c4ccc(C(=O)O)cc4)nn(C(=O)c4c(Cl)cccc4C(F)(F)F)c3c2)c1. The third-order valence-electron chi connectivity index (χ3n) is 5.81. The molecule has 0 saturated carbocycles. The van der Waals surface area contributed by atoms with E-state index in [1.54, 1.807) is 42.3 Å². The zero-order valence-corrected chi connectivity index (χ0v) is 19.7. The summed E-state index contributed by atoms with van der Waals surface area (Å²) < 4.78 is 44.0. The van der Waals surface area contributed by atoms with Crippen molar-refractivity contribution in [3.63, 3.8) is 0 Å².